The summed E-state index contributed by atoms with van der Waals surface area (Å²) < 4.78 is 0. The van der Waals surface area contributed by atoms with E-state index in [1.807, 2.05) is 13.8 Å². The van der Waals surface area contributed by atoms with Gasteiger partial charge in [-0.3, -0.25) is 16.3 Å². The Kier molecular flexibility index (Phi) is 5.59. The van der Waals surface area contributed by atoms with E-state index in [-0.39, 0.29) is 6.04 Å². The summed E-state index contributed by atoms with van der Waals surface area (Å²) in [7, 11) is 0. The fourth-order valence-electron chi connectivity index (χ4n) is 2.32. The molecule has 3 heteroatoms. The molecular weight excluding hydrogens is 210 g/mol. The maximum absolute atomic E-state index is 5.69. The maximum Gasteiger partial charge on any atom is 0.0463 e. The number of aryl methyl sites for hydroxylation is 2. The van der Waals surface area contributed by atoms with Gasteiger partial charge in [0, 0.05) is 17.4 Å². The van der Waals surface area contributed by atoms with Crippen LogP contribution in [0.4, 0.5) is 0 Å². The van der Waals surface area contributed by atoms with Gasteiger partial charge < -0.3 is 0 Å². The van der Waals surface area contributed by atoms with Crippen LogP contribution >= 0.6 is 0 Å². The second-order valence-electron chi connectivity index (χ2n) is 4.82. The van der Waals surface area contributed by atoms with Crippen molar-refractivity contribution in [1.82, 2.24) is 10.4 Å². The van der Waals surface area contributed by atoms with Crippen LogP contribution in [0.15, 0.2) is 12.1 Å². The molecule has 1 unspecified atom stereocenters. The van der Waals surface area contributed by atoms with E-state index >= 15 is 0 Å². The summed E-state index contributed by atoms with van der Waals surface area (Å²) in [5.41, 5.74) is 6.32. The molecule has 0 bridgehead atoms. The van der Waals surface area contributed by atoms with E-state index in [0.29, 0.717) is 0 Å². The Bertz CT molecular complexity index is 325. The molecule has 0 saturated heterocycles. The lowest BCUT2D eigenvalue weighted by Gasteiger charge is -2.22. The van der Waals surface area contributed by atoms with Gasteiger partial charge in [0.25, 0.3) is 0 Å². The van der Waals surface area contributed by atoms with Gasteiger partial charge in [0.05, 0.1) is 0 Å². The van der Waals surface area contributed by atoms with Crippen LogP contribution in [0, 0.1) is 19.8 Å². The number of hydrazine groups is 1. The highest BCUT2D eigenvalue weighted by Crippen LogP contribution is 2.25. The third-order valence-corrected chi connectivity index (χ3v) is 3.43. The molecule has 1 atom stereocenters. The SMILES string of the molecule is CCC(CC)CC(NN)c1cc(C)nc(C)c1. The lowest BCUT2D eigenvalue weighted by atomic mass is 9.91. The molecule has 0 aliphatic rings. The van der Waals surface area contributed by atoms with Crippen LogP contribution in [0.25, 0.3) is 0 Å². The lowest BCUT2D eigenvalue weighted by Crippen LogP contribution is -2.29. The van der Waals surface area contributed by atoms with Crippen molar-refractivity contribution in [2.75, 3.05) is 0 Å². The van der Waals surface area contributed by atoms with E-state index in [9.17, 15) is 0 Å². The standard InChI is InChI=1S/C14H25N3/c1-5-12(6-2)9-14(17-15)13-7-10(3)16-11(4)8-13/h7-8,12,14,17H,5-6,9,15H2,1-4H3. The van der Waals surface area contributed by atoms with Crippen LogP contribution < -0.4 is 11.3 Å². The van der Waals surface area contributed by atoms with Crippen LogP contribution in [-0.2, 0) is 0 Å². The van der Waals surface area contributed by atoms with Crippen molar-refractivity contribution in [1.29, 1.82) is 0 Å². The van der Waals surface area contributed by atoms with Gasteiger partial charge in [-0.1, -0.05) is 26.7 Å². The summed E-state index contributed by atoms with van der Waals surface area (Å²) in [4.78, 5) is 4.40. The number of nitrogens with two attached hydrogens (primary N) is 1. The molecule has 0 spiro atoms. The smallest absolute Gasteiger partial charge is 0.0463 e. The zero-order valence-electron chi connectivity index (χ0n) is 11.5. The predicted octanol–water partition coefficient (Wildman–Crippen LogP) is 3.03. The van der Waals surface area contributed by atoms with E-state index in [1.54, 1.807) is 0 Å². The van der Waals surface area contributed by atoms with Crippen molar-refractivity contribution >= 4 is 0 Å². The van der Waals surface area contributed by atoms with Gasteiger partial charge in [0.1, 0.15) is 0 Å². The van der Waals surface area contributed by atoms with Crippen LogP contribution in [0.3, 0.4) is 0 Å². The molecule has 0 aliphatic carbocycles. The number of rotatable bonds is 6. The fraction of sp³-hybridized carbons (Fsp3) is 0.643. The molecule has 0 radical (unpaired) electrons. The minimum Gasteiger partial charge on any atom is -0.271 e. The minimum atomic E-state index is 0.236. The van der Waals surface area contributed by atoms with Gasteiger partial charge >= 0.3 is 0 Å². The number of nitrogens with one attached hydrogen (secondary N) is 1. The van der Waals surface area contributed by atoms with Crippen molar-refractivity contribution < 1.29 is 0 Å². The largest absolute Gasteiger partial charge is 0.271 e. The summed E-state index contributed by atoms with van der Waals surface area (Å²) in [5, 5.41) is 0. The second kappa shape index (κ2) is 6.72. The van der Waals surface area contributed by atoms with Crippen molar-refractivity contribution in [3.8, 4) is 0 Å². The van der Waals surface area contributed by atoms with Crippen LogP contribution in [0.1, 0.15) is 56.1 Å². The predicted molar refractivity (Wildman–Crippen MR) is 72.5 cm³/mol. The average Bonchev–Trinajstić information content (AvgIpc) is 2.29. The van der Waals surface area contributed by atoms with Gasteiger partial charge in [0.15, 0.2) is 0 Å². The molecule has 17 heavy (non-hydrogen) atoms. The topological polar surface area (TPSA) is 50.9 Å². The first-order chi connectivity index (χ1) is 8.10. The van der Waals surface area contributed by atoms with Gasteiger partial charge in [0.2, 0.25) is 0 Å². The van der Waals surface area contributed by atoms with Crippen LogP contribution in [0.5, 0.6) is 0 Å². The summed E-state index contributed by atoms with van der Waals surface area (Å²) in [5.74, 6) is 6.42. The highest BCUT2D eigenvalue weighted by Gasteiger charge is 2.15. The van der Waals surface area contributed by atoms with Gasteiger partial charge in [-0.05, 0) is 43.9 Å². The third kappa shape index (κ3) is 4.10. The molecule has 1 heterocycles. The Hall–Kier alpha value is -0.930. The number of pyridine rings is 1. The van der Waals surface area contributed by atoms with E-state index in [1.165, 1.54) is 18.4 Å². The number of hydrogen-bond acceptors (Lipinski definition) is 3. The van der Waals surface area contributed by atoms with E-state index in [0.717, 1.165) is 23.7 Å². The molecule has 0 aliphatic heterocycles. The monoisotopic (exact) mass is 235 g/mol. The van der Waals surface area contributed by atoms with E-state index in [4.69, 9.17) is 5.84 Å². The number of aromatic nitrogens is 1. The highest BCUT2D eigenvalue weighted by molar-refractivity contribution is 5.23. The Balaban J connectivity index is 2.85. The molecular formula is C14H25N3. The van der Waals surface area contributed by atoms with Gasteiger partial charge in [-0.15, -0.1) is 0 Å². The summed E-state index contributed by atoms with van der Waals surface area (Å²) in [6.07, 6.45) is 3.50. The first-order valence-electron chi connectivity index (χ1n) is 6.52. The Morgan fingerprint density at radius 2 is 1.71 bits per heavy atom. The zero-order chi connectivity index (χ0) is 12.8. The molecule has 3 nitrogen and oxygen atoms in total. The second-order valence-corrected chi connectivity index (χ2v) is 4.82. The van der Waals surface area contributed by atoms with Gasteiger partial charge in [-0.2, -0.15) is 0 Å². The average molecular weight is 235 g/mol. The molecule has 0 aromatic carbocycles. The third-order valence-electron chi connectivity index (χ3n) is 3.43. The van der Waals surface area contributed by atoms with E-state index < -0.39 is 0 Å². The summed E-state index contributed by atoms with van der Waals surface area (Å²) >= 11 is 0. The van der Waals surface area contributed by atoms with Crippen LogP contribution in [-0.4, -0.2) is 4.98 Å². The number of nitrogens with zero attached hydrogens (tertiary/aromatic N) is 1. The molecule has 0 fully saturated rings. The molecule has 3 N–H and O–H groups in total. The van der Waals surface area contributed by atoms with Crippen LogP contribution in [0.2, 0.25) is 0 Å². The minimum absolute atomic E-state index is 0.236. The molecule has 96 valence electrons. The molecule has 1 aromatic rings. The Morgan fingerprint density at radius 1 is 1.18 bits per heavy atom. The Morgan fingerprint density at radius 3 is 2.12 bits per heavy atom. The van der Waals surface area contributed by atoms with Crippen molar-refractivity contribution in [2.24, 2.45) is 11.8 Å². The quantitative estimate of drug-likeness (QED) is 0.588. The molecule has 1 aromatic heterocycles. The van der Waals surface area contributed by atoms with Crippen molar-refractivity contribution in [3.63, 3.8) is 0 Å². The molecule has 1 rings (SSSR count). The number of hydrogen-bond donors (Lipinski definition) is 2. The van der Waals surface area contributed by atoms with Crippen molar-refractivity contribution in [3.05, 3.63) is 29.1 Å². The summed E-state index contributed by atoms with van der Waals surface area (Å²) in [6, 6.07) is 4.49. The van der Waals surface area contributed by atoms with Gasteiger partial charge in [-0.25, -0.2) is 0 Å². The molecule has 0 amide bonds. The normalized spacial score (nSPS) is 13.1. The van der Waals surface area contributed by atoms with E-state index in [2.05, 4.69) is 36.4 Å². The maximum atomic E-state index is 5.69. The summed E-state index contributed by atoms with van der Waals surface area (Å²) in [6.45, 7) is 8.54. The lowest BCUT2D eigenvalue weighted by molar-refractivity contribution is 0.374. The highest BCUT2D eigenvalue weighted by atomic mass is 15.2. The zero-order valence-corrected chi connectivity index (χ0v) is 11.5. The molecule has 0 saturated carbocycles. The first kappa shape index (κ1) is 14.1. The van der Waals surface area contributed by atoms with Crippen molar-refractivity contribution in [2.45, 2.75) is 53.0 Å². The first-order valence-corrected chi connectivity index (χ1v) is 6.52. The Labute approximate surface area is 105 Å². The fourth-order valence-corrected chi connectivity index (χ4v) is 2.32.